The molecule has 0 aromatic heterocycles. The number of benzene rings is 1. The highest BCUT2D eigenvalue weighted by atomic mass is 16.5. The number of ether oxygens (including phenoxy) is 1. The van der Waals surface area contributed by atoms with E-state index in [0.717, 1.165) is 12.0 Å². The van der Waals surface area contributed by atoms with Gasteiger partial charge in [-0.15, -0.1) is 0 Å². The van der Waals surface area contributed by atoms with Gasteiger partial charge in [0.2, 0.25) is 0 Å². The molecule has 0 N–H and O–H groups in total. The summed E-state index contributed by atoms with van der Waals surface area (Å²) >= 11 is 0. The minimum Gasteiger partial charge on any atom is -0.462 e. The third-order valence-electron chi connectivity index (χ3n) is 2.66. The maximum Gasteiger partial charge on any atom is 0.341 e. The van der Waals surface area contributed by atoms with Crippen molar-refractivity contribution in [2.24, 2.45) is 0 Å². The van der Waals surface area contributed by atoms with Gasteiger partial charge >= 0.3 is 5.97 Å². The van der Waals surface area contributed by atoms with E-state index in [1.165, 1.54) is 0 Å². The molecule has 3 heteroatoms. The molecule has 0 saturated carbocycles. The van der Waals surface area contributed by atoms with Gasteiger partial charge in [-0.3, -0.25) is 4.79 Å². The number of carbonyl (C=O) groups excluding carboxylic acids is 2. The van der Waals surface area contributed by atoms with E-state index in [2.05, 4.69) is 0 Å². The fourth-order valence-corrected chi connectivity index (χ4v) is 1.61. The third kappa shape index (κ3) is 5.08. The summed E-state index contributed by atoms with van der Waals surface area (Å²) in [7, 11) is 0. The van der Waals surface area contributed by atoms with Crippen LogP contribution >= 0.6 is 0 Å². The van der Waals surface area contributed by atoms with Gasteiger partial charge < -0.3 is 4.74 Å². The Morgan fingerprint density at radius 1 is 1.16 bits per heavy atom. The molecule has 0 saturated heterocycles. The van der Waals surface area contributed by atoms with Crippen molar-refractivity contribution in [3.63, 3.8) is 0 Å². The first-order chi connectivity index (χ1) is 9.19. The van der Waals surface area contributed by atoms with Crippen molar-refractivity contribution in [1.82, 2.24) is 0 Å². The monoisotopic (exact) mass is 260 g/mol. The van der Waals surface area contributed by atoms with Crippen molar-refractivity contribution < 1.29 is 14.3 Å². The van der Waals surface area contributed by atoms with Crippen molar-refractivity contribution in [2.75, 3.05) is 6.61 Å². The smallest absolute Gasteiger partial charge is 0.341 e. The van der Waals surface area contributed by atoms with E-state index in [1.807, 2.05) is 37.3 Å². The van der Waals surface area contributed by atoms with E-state index in [4.69, 9.17) is 4.74 Å². The molecule has 0 aliphatic carbocycles. The Morgan fingerprint density at radius 2 is 1.84 bits per heavy atom. The second-order valence-electron chi connectivity index (χ2n) is 4.22. The number of hydrogen-bond acceptors (Lipinski definition) is 3. The summed E-state index contributed by atoms with van der Waals surface area (Å²) in [5, 5.41) is 0. The predicted octanol–water partition coefficient (Wildman–Crippen LogP) is 3.09. The maximum atomic E-state index is 11.8. The number of carbonyl (C=O) groups is 2. The van der Waals surface area contributed by atoms with Crippen LogP contribution < -0.4 is 0 Å². The highest BCUT2D eigenvalue weighted by Gasteiger charge is 2.17. The Bertz CT molecular complexity index is 446. The van der Waals surface area contributed by atoms with Gasteiger partial charge in [0.25, 0.3) is 0 Å². The van der Waals surface area contributed by atoms with E-state index in [1.54, 1.807) is 13.0 Å². The Morgan fingerprint density at radius 3 is 2.42 bits per heavy atom. The molecule has 1 rings (SSSR count). The highest BCUT2D eigenvalue weighted by molar-refractivity contribution is 6.17. The van der Waals surface area contributed by atoms with Gasteiger partial charge in [0, 0.05) is 6.42 Å². The molecular formula is C16H20O3. The predicted molar refractivity (Wildman–Crippen MR) is 74.8 cm³/mol. The quantitative estimate of drug-likeness (QED) is 0.327. The fraction of sp³-hybridized carbons (Fsp3) is 0.375. The lowest BCUT2D eigenvalue weighted by atomic mass is 10.1. The number of rotatable bonds is 7. The number of ketones is 1. The van der Waals surface area contributed by atoms with Crippen LogP contribution in [0.5, 0.6) is 0 Å². The van der Waals surface area contributed by atoms with Crippen LogP contribution in [0.4, 0.5) is 0 Å². The lowest BCUT2D eigenvalue weighted by Gasteiger charge is -2.06. The zero-order valence-corrected chi connectivity index (χ0v) is 11.5. The molecule has 0 fully saturated rings. The number of hydrogen-bond donors (Lipinski definition) is 0. The van der Waals surface area contributed by atoms with Gasteiger partial charge in [0.1, 0.15) is 0 Å². The molecule has 0 spiro atoms. The average Bonchev–Trinajstić information content (AvgIpc) is 2.46. The first-order valence-electron chi connectivity index (χ1n) is 6.63. The second-order valence-corrected chi connectivity index (χ2v) is 4.22. The molecule has 0 atom stereocenters. The van der Waals surface area contributed by atoms with Crippen LogP contribution in [-0.2, 0) is 20.7 Å². The Balaban J connectivity index is 2.79. The van der Waals surface area contributed by atoms with Gasteiger partial charge in [-0.2, -0.15) is 0 Å². The molecule has 0 heterocycles. The molecule has 1 aromatic rings. The minimum absolute atomic E-state index is 0.166. The minimum atomic E-state index is -0.510. The van der Waals surface area contributed by atoms with Crippen LogP contribution in [0.15, 0.2) is 42.0 Å². The first kappa shape index (κ1) is 15.2. The summed E-state index contributed by atoms with van der Waals surface area (Å²) in [6.45, 7) is 4.01. The van der Waals surface area contributed by atoms with E-state index < -0.39 is 5.97 Å². The van der Waals surface area contributed by atoms with Crippen LogP contribution in [0.3, 0.4) is 0 Å². The van der Waals surface area contributed by atoms with Crippen LogP contribution in [0, 0.1) is 0 Å². The standard InChI is InChI=1S/C16H20O3/c1-3-12-19-16(18)14(15(17)4-2)11-10-13-8-6-5-7-9-13/h5-9,11H,3-4,10,12H2,1-2H3. The molecule has 0 amide bonds. The van der Waals surface area contributed by atoms with Gasteiger partial charge in [-0.25, -0.2) is 4.79 Å². The van der Waals surface area contributed by atoms with Crippen molar-refractivity contribution >= 4 is 11.8 Å². The van der Waals surface area contributed by atoms with Crippen molar-refractivity contribution in [3.8, 4) is 0 Å². The zero-order chi connectivity index (χ0) is 14.1. The van der Waals surface area contributed by atoms with E-state index in [0.29, 0.717) is 19.4 Å². The SMILES string of the molecule is CCCOC(=O)C(=CCc1ccccc1)C(=O)CC. The fourth-order valence-electron chi connectivity index (χ4n) is 1.61. The lowest BCUT2D eigenvalue weighted by Crippen LogP contribution is -2.16. The molecule has 0 unspecified atom stereocenters. The molecule has 0 radical (unpaired) electrons. The summed E-state index contributed by atoms with van der Waals surface area (Å²) in [6.07, 6.45) is 3.28. The normalized spacial score (nSPS) is 11.2. The number of Topliss-reactive ketones (excluding diaryl/α,β-unsaturated/α-hetero) is 1. The van der Waals surface area contributed by atoms with Crippen molar-refractivity contribution in [2.45, 2.75) is 33.1 Å². The van der Waals surface area contributed by atoms with E-state index >= 15 is 0 Å². The largest absolute Gasteiger partial charge is 0.462 e. The van der Waals surface area contributed by atoms with Gasteiger partial charge in [0.05, 0.1) is 12.2 Å². The molecule has 102 valence electrons. The highest BCUT2D eigenvalue weighted by Crippen LogP contribution is 2.08. The Labute approximate surface area is 114 Å². The van der Waals surface area contributed by atoms with Gasteiger partial charge in [-0.05, 0) is 18.4 Å². The molecule has 3 nitrogen and oxygen atoms in total. The van der Waals surface area contributed by atoms with E-state index in [-0.39, 0.29) is 11.4 Å². The molecule has 1 aromatic carbocycles. The van der Waals surface area contributed by atoms with Crippen LogP contribution in [0.2, 0.25) is 0 Å². The Kier molecular flexibility index (Phi) is 6.58. The summed E-state index contributed by atoms with van der Waals surface area (Å²) < 4.78 is 5.04. The average molecular weight is 260 g/mol. The summed E-state index contributed by atoms with van der Waals surface area (Å²) in [5.41, 5.74) is 1.23. The summed E-state index contributed by atoms with van der Waals surface area (Å²) in [5.74, 6) is -0.679. The first-order valence-corrected chi connectivity index (χ1v) is 6.63. The summed E-state index contributed by atoms with van der Waals surface area (Å²) in [6, 6.07) is 9.71. The maximum absolute atomic E-state index is 11.8. The second kappa shape index (κ2) is 8.25. The van der Waals surface area contributed by atoms with Gasteiger partial charge in [-0.1, -0.05) is 50.3 Å². The number of esters is 1. The molecule has 0 bridgehead atoms. The summed E-state index contributed by atoms with van der Waals surface area (Å²) in [4.78, 5) is 23.6. The molecule has 0 aliphatic heterocycles. The van der Waals surface area contributed by atoms with E-state index in [9.17, 15) is 9.59 Å². The molecule has 0 aliphatic rings. The van der Waals surface area contributed by atoms with Crippen LogP contribution in [-0.4, -0.2) is 18.4 Å². The lowest BCUT2D eigenvalue weighted by molar-refractivity contribution is -0.140. The van der Waals surface area contributed by atoms with Crippen LogP contribution in [0.25, 0.3) is 0 Å². The van der Waals surface area contributed by atoms with Gasteiger partial charge in [0.15, 0.2) is 5.78 Å². The topological polar surface area (TPSA) is 43.4 Å². The van der Waals surface area contributed by atoms with Crippen LogP contribution in [0.1, 0.15) is 32.3 Å². The van der Waals surface area contributed by atoms with Crippen molar-refractivity contribution in [3.05, 3.63) is 47.5 Å². The molecular weight excluding hydrogens is 240 g/mol. The molecule has 19 heavy (non-hydrogen) atoms. The Hall–Kier alpha value is -1.90. The number of allylic oxidation sites excluding steroid dienone is 1. The van der Waals surface area contributed by atoms with Crippen molar-refractivity contribution in [1.29, 1.82) is 0 Å². The third-order valence-corrected chi connectivity index (χ3v) is 2.66. The zero-order valence-electron chi connectivity index (χ0n) is 11.5.